The van der Waals surface area contributed by atoms with Gasteiger partial charge < -0.3 is 4.74 Å². The van der Waals surface area contributed by atoms with Gasteiger partial charge in [-0.25, -0.2) is 0 Å². The highest BCUT2D eigenvalue weighted by Gasteiger charge is 2.46. The predicted octanol–water partition coefficient (Wildman–Crippen LogP) is 5.15. The minimum absolute atomic E-state index is 0.822. The number of hydrogen-bond acceptors (Lipinski definition) is 1. The Morgan fingerprint density at radius 2 is 1.72 bits per heavy atom. The van der Waals surface area contributed by atoms with Crippen molar-refractivity contribution in [2.45, 2.75) is 32.1 Å². The van der Waals surface area contributed by atoms with E-state index in [1.165, 1.54) is 43.6 Å². The molecule has 0 aromatic heterocycles. The fraction of sp³-hybridized carbons (Fsp3) is 0.478. The van der Waals surface area contributed by atoms with Gasteiger partial charge in [-0.1, -0.05) is 30.3 Å². The molecule has 2 aliphatic rings. The van der Waals surface area contributed by atoms with Crippen LogP contribution in [0.2, 0.25) is 0 Å². The zero-order valence-corrected chi connectivity index (χ0v) is 15.7. The zero-order valence-electron chi connectivity index (χ0n) is 15.7. The van der Waals surface area contributed by atoms with Crippen molar-refractivity contribution in [1.82, 2.24) is 4.48 Å². The number of benzene rings is 2. The maximum Gasteiger partial charge on any atom is 0.136 e. The molecule has 2 heteroatoms. The highest BCUT2D eigenvalue weighted by atomic mass is 16.5. The van der Waals surface area contributed by atoms with E-state index in [-0.39, 0.29) is 0 Å². The minimum atomic E-state index is 0.822. The Morgan fingerprint density at radius 3 is 2.40 bits per heavy atom. The van der Waals surface area contributed by atoms with Crippen LogP contribution in [0.1, 0.15) is 36.3 Å². The van der Waals surface area contributed by atoms with Gasteiger partial charge in [-0.3, -0.25) is 4.48 Å². The standard InChI is InChI=1S/C23H30NO/c1-17-9-10-20(15-23(17)25-3)24(2)13-11-19(12-14-24)22-16-21(22)18-7-5-4-6-8-18/h4-10,15,19,21-22H,11-14,16H2,1-3H3/q+1/t19?,21-,22-,24?/m0/s1. The molecule has 0 bridgehead atoms. The Kier molecular flexibility index (Phi) is 4.33. The molecule has 25 heavy (non-hydrogen) atoms. The first kappa shape index (κ1) is 16.7. The molecule has 0 N–H and O–H groups in total. The van der Waals surface area contributed by atoms with Gasteiger partial charge in [0.2, 0.25) is 0 Å². The highest BCUT2D eigenvalue weighted by Crippen LogP contribution is 2.54. The number of aryl methyl sites for hydroxylation is 1. The maximum absolute atomic E-state index is 5.54. The van der Waals surface area contributed by atoms with E-state index >= 15 is 0 Å². The lowest BCUT2D eigenvalue weighted by Gasteiger charge is -2.40. The SMILES string of the molecule is COc1cc([N+]2(C)CCC([C@@H]3C[C@H]3c3ccccc3)CC2)ccc1C. The van der Waals surface area contributed by atoms with Gasteiger partial charge in [-0.05, 0) is 54.4 Å². The molecule has 1 saturated carbocycles. The Bertz CT molecular complexity index is 731. The number of hydrogen-bond donors (Lipinski definition) is 0. The topological polar surface area (TPSA) is 9.23 Å². The van der Waals surface area contributed by atoms with E-state index < -0.39 is 0 Å². The van der Waals surface area contributed by atoms with Crippen molar-refractivity contribution in [3.05, 3.63) is 59.7 Å². The summed E-state index contributed by atoms with van der Waals surface area (Å²) in [7, 11) is 4.16. The van der Waals surface area contributed by atoms with Gasteiger partial charge in [0, 0.05) is 18.9 Å². The summed E-state index contributed by atoms with van der Waals surface area (Å²) in [4.78, 5) is 0. The van der Waals surface area contributed by atoms with E-state index in [1.807, 2.05) is 0 Å². The third-order valence-corrected chi connectivity index (χ3v) is 6.67. The van der Waals surface area contributed by atoms with Crippen LogP contribution in [0.15, 0.2) is 48.5 Å². The summed E-state index contributed by atoms with van der Waals surface area (Å²) in [6.07, 6.45) is 4.10. The molecule has 4 rings (SSSR count). The second-order valence-electron chi connectivity index (χ2n) is 8.25. The summed E-state index contributed by atoms with van der Waals surface area (Å²) in [5, 5.41) is 0. The van der Waals surface area contributed by atoms with Gasteiger partial charge in [0.1, 0.15) is 11.4 Å². The molecule has 2 fully saturated rings. The lowest BCUT2D eigenvalue weighted by Crippen LogP contribution is -2.51. The molecule has 0 spiro atoms. The highest BCUT2D eigenvalue weighted by molar-refractivity contribution is 5.51. The molecule has 2 nitrogen and oxygen atoms in total. The third-order valence-electron chi connectivity index (χ3n) is 6.67. The number of ether oxygens (including phenoxy) is 1. The van der Waals surface area contributed by atoms with Crippen molar-refractivity contribution in [2.24, 2.45) is 11.8 Å². The predicted molar refractivity (Wildman–Crippen MR) is 105 cm³/mol. The van der Waals surface area contributed by atoms with E-state index in [0.29, 0.717) is 0 Å². The first-order valence-electron chi connectivity index (χ1n) is 9.65. The summed E-state index contributed by atoms with van der Waals surface area (Å²) in [6, 6.07) is 17.9. The number of rotatable bonds is 4. The summed E-state index contributed by atoms with van der Waals surface area (Å²) < 4.78 is 6.60. The Morgan fingerprint density at radius 1 is 1.00 bits per heavy atom. The summed E-state index contributed by atoms with van der Waals surface area (Å²) in [5.74, 6) is 3.67. The van der Waals surface area contributed by atoms with Gasteiger partial charge in [0.05, 0.1) is 27.2 Å². The molecule has 0 amide bonds. The second-order valence-corrected chi connectivity index (χ2v) is 8.25. The van der Waals surface area contributed by atoms with Crippen LogP contribution in [-0.2, 0) is 0 Å². The normalized spacial score (nSPS) is 31.6. The molecule has 0 unspecified atom stereocenters. The first-order chi connectivity index (χ1) is 12.1. The number of piperidine rings is 1. The van der Waals surface area contributed by atoms with Crippen molar-refractivity contribution < 1.29 is 4.74 Å². The van der Waals surface area contributed by atoms with Crippen molar-refractivity contribution >= 4 is 5.69 Å². The molecule has 1 aliphatic heterocycles. The lowest BCUT2D eigenvalue weighted by atomic mass is 9.88. The minimum Gasteiger partial charge on any atom is -0.496 e. The van der Waals surface area contributed by atoms with Gasteiger partial charge in [0.15, 0.2) is 0 Å². The Hall–Kier alpha value is -1.80. The summed E-state index contributed by atoms with van der Waals surface area (Å²) in [5.41, 5.74) is 4.17. The quantitative estimate of drug-likeness (QED) is 0.701. The van der Waals surface area contributed by atoms with Crippen LogP contribution < -0.4 is 9.22 Å². The second kappa shape index (κ2) is 6.49. The average Bonchev–Trinajstić information content (AvgIpc) is 3.44. The molecule has 1 heterocycles. The molecule has 1 aliphatic carbocycles. The van der Waals surface area contributed by atoms with Crippen LogP contribution in [0.25, 0.3) is 0 Å². The number of nitrogens with zero attached hydrogens (tertiary/aromatic N) is 1. The van der Waals surface area contributed by atoms with Crippen LogP contribution in [0.5, 0.6) is 5.75 Å². The summed E-state index contributed by atoms with van der Waals surface area (Å²) in [6.45, 7) is 4.61. The molecule has 1 saturated heterocycles. The number of quaternary nitrogens is 1. The first-order valence-corrected chi connectivity index (χ1v) is 9.65. The Labute approximate surface area is 152 Å². The van der Waals surface area contributed by atoms with Crippen molar-refractivity contribution in [3.8, 4) is 5.75 Å². The van der Waals surface area contributed by atoms with E-state index in [1.54, 1.807) is 12.7 Å². The zero-order chi connectivity index (χ0) is 17.4. The van der Waals surface area contributed by atoms with Gasteiger partial charge in [-0.2, -0.15) is 0 Å². The molecule has 2 aromatic carbocycles. The van der Waals surface area contributed by atoms with E-state index in [9.17, 15) is 0 Å². The maximum atomic E-state index is 5.54. The van der Waals surface area contributed by atoms with Crippen LogP contribution in [-0.4, -0.2) is 27.2 Å². The van der Waals surface area contributed by atoms with Crippen molar-refractivity contribution in [1.29, 1.82) is 0 Å². The molecular weight excluding hydrogens is 306 g/mol. The van der Waals surface area contributed by atoms with Crippen molar-refractivity contribution in [3.63, 3.8) is 0 Å². The molecule has 2 aromatic rings. The van der Waals surface area contributed by atoms with Gasteiger partial charge in [-0.15, -0.1) is 0 Å². The molecule has 0 radical (unpaired) electrons. The fourth-order valence-electron chi connectivity index (χ4n) is 4.81. The van der Waals surface area contributed by atoms with Crippen LogP contribution in [0.3, 0.4) is 0 Å². The van der Waals surface area contributed by atoms with Gasteiger partial charge >= 0.3 is 0 Å². The van der Waals surface area contributed by atoms with Crippen LogP contribution >= 0.6 is 0 Å². The van der Waals surface area contributed by atoms with E-state index in [0.717, 1.165) is 28.0 Å². The fourth-order valence-corrected chi connectivity index (χ4v) is 4.81. The Balaban J connectivity index is 1.41. The van der Waals surface area contributed by atoms with E-state index in [2.05, 4.69) is 62.5 Å². The largest absolute Gasteiger partial charge is 0.496 e. The van der Waals surface area contributed by atoms with E-state index in [4.69, 9.17) is 4.74 Å². The van der Waals surface area contributed by atoms with Crippen molar-refractivity contribution in [2.75, 3.05) is 27.2 Å². The summed E-state index contributed by atoms with van der Waals surface area (Å²) >= 11 is 0. The van der Waals surface area contributed by atoms with Crippen LogP contribution in [0.4, 0.5) is 5.69 Å². The average molecular weight is 336 g/mol. The van der Waals surface area contributed by atoms with Crippen LogP contribution in [0, 0.1) is 18.8 Å². The number of likely N-dealkylation sites (tertiary alicyclic amines) is 1. The molecular formula is C23H30NO+. The third kappa shape index (κ3) is 3.20. The van der Waals surface area contributed by atoms with Gasteiger partial charge in [0.25, 0.3) is 0 Å². The smallest absolute Gasteiger partial charge is 0.136 e. The lowest BCUT2D eigenvalue weighted by molar-refractivity contribution is 0.202. The molecule has 132 valence electrons. The monoisotopic (exact) mass is 336 g/mol. The molecule has 2 atom stereocenters. The number of methoxy groups -OCH3 is 1.